The molecule has 33 heavy (non-hydrogen) atoms. The zero-order chi connectivity index (χ0) is 23.3. The van der Waals surface area contributed by atoms with Gasteiger partial charge in [-0.1, -0.05) is 25.1 Å². The summed E-state index contributed by atoms with van der Waals surface area (Å²) in [6, 6.07) is 13.6. The summed E-state index contributed by atoms with van der Waals surface area (Å²) in [5.41, 5.74) is 1.91. The quantitative estimate of drug-likeness (QED) is 0.518. The van der Waals surface area contributed by atoms with Crippen LogP contribution in [0.4, 0.5) is 5.13 Å². The highest BCUT2D eigenvalue weighted by atomic mass is 32.2. The first kappa shape index (κ1) is 23.4. The fourth-order valence-electron chi connectivity index (χ4n) is 3.31. The molecule has 0 atom stereocenters. The maximum absolute atomic E-state index is 12.8. The molecule has 1 amide bonds. The summed E-state index contributed by atoms with van der Waals surface area (Å²) in [6.07, 6.45) is 0.887. The van der Waals surface area contributed by atoms with E-state index in [1.807, 2.05) is 18.4 Å². The number of aromatic nitrogens is 1. The molecule has 1 saturated heterocycles. The molecule has 4 rings (SSSR count). The number of nitrogens with one attached hydrogen (secondary N) is 1. The number of carbonyl (C=O) groups excluding carboxylic acids is 1. The van der Waals surface area contributed by atoms with Crippen molar-refractivity contribution in [3.8, 4) is 17.0 Å². The van der Waals surface area contributed by atoms with E-state index >= 15 is 0 Å². The molecule has 2 aromatic carbocycles. The summed E-state index contributed by atoms with van der Waals surface area (Å²) >= 11 is 1.30. The molecule has 0 unspecified atom stereocenters. The third-order valence-corrected chi connectivity index (χ3v) is 7.72. The Kier molecular flexibility index (Phi) is 7.39. The molecular weight excluding hydrogens is 462 g/mol. The van der Waals surface area contributed by atoms with Gasteiger partial charge in [-0.05, 0) is 36.8 Å². The van der Waals surface area contributed by atoms with Crippen LogP contribution in [0.3, 0.4) is 0 Å². The Morgan fingerprint density at radius 3 is 2.67 bits per heavy atom. The number of hydrogen-bond donors (Lipinski definition) is 1. The summed E-state index contributed by atoms with van der Waals surface area (Å²) in [5.74, 6) is 0.376. The summed E-state index contributed by atoms with van der Waals surface area (Å²) in [4.78, 5) is 17.3. The number of anilines is 1. The molecule has 1 fully saturated rings. The average molecular weight is 488 g/mol. The van der Waals surface area contributed by atoms with E-state index in [9.17, 15) is 13.2 Å². The van der Waals surface area contributed by atoms with Crippen molar-refractivity contribution in [3.05, 3.63) is 59.5 Å². The second kappa shape index (κ2) is 10.4. The Balaban J connectivity index is 1.43. The highest BCUT2D eigenvalue weighted by Gasteiger charge is 2.26. The number of rotatable bonds is 8. The van der Waals surface area contributed by atoms with Crippen LogP contribution in [-0.4, -0.2) is 56.5 Å². The highest BCUT2D eigenvalue weighted by molar-refractivity contribution is 7.89. The number of hydrogen-bond acceptors (Lipinski definition) is 7. The van der Waals surface area contributed by atoms with Crippen molar-refractivity contribution >= 4 is 32.4 Å². The van der Waals surface area contributed by atoms with Crippen LogP contribution in [0.2, 0.25) is 0 Å². The van der Waals surface area contributed by atoms with Gasteiger partial charge in [0.05, 0.1) is 30.4 Å². The van der Waals surface area contributed by atoms with Gasteiger partial charge in [-0.15, -0.1) is 11.3 Å². The van der Waals surface area contributed by atoms with E-state index in [2.05, 4.69) is 10.3 Å². The molecule has 3 aromatic rings. The predicted molar refractivity (Wildman–Crippen MR) is 127 cm³/mol. The lowest BCUT2D eigenvalue weighted by Gasteiger charge is -2.26. The minimum atomic E-state index is -3.54. The van der Waals surface area contributed by atoms with E-state index in [0.29, 0.717) is 55.0 Å². The van der Waals surface area contributed by atoms with E-state index in [0.717, 1.165) is 12.0 Å². The topological polar surface area (TPSA) is 97.8 Å². The van der Waals surface area contributed by atoms with Crippen LogP contribution in [0, 0.1) is 0 Å². The first-order chi connectivity index (χ1) is 16.0. The van der Waals surface area contributed by atoms with E-state index in [1.54, 1.807) is 42.5 Å². The molecule has 8 nitrogen and oxygen atoms in total. The second-order valence-corrected chi connectivity index (χ2v) is 10.2. The van der Waals surface area contributed by atoms with Gasteiger partial charge in [-0.25, -0.2) is 13.4 Å². The maximum atomic E-state index is 12.8. The lowest BCUT2D eigenvalue weighted by atomic mass is 10.2. The van der Waals surface area contributed by atoms with Crippen molar-refractivity contribution in [3.63, 3.8) is 0 Å². The first-order valence-electron chi connectivity index (χ1n) is 10.7. The molecule has 1 aromatic heterocycles. The number of benzene rings is 2. The van der Waals surface area contributed by atoms with Crippen molar-refractivity contribution in [2.75, 3.05) is 38.2 Å². The van der Waals surface area contributed by atoms with Gasteiger partial charge in [0.1, 0.15) is 5.75 Å². The zero-order valence-corrected chi connectivity index (χ0v) is 19.8. The number of ether oxygens (including phenoxy) is 2. The van der Waals surface area contributed by atoms with Gasteiger partial charge in [0.25, 0.3) is 5.91 Å². The molecule has 0 spiro atoms. The van der Waals surface area contributed by atoms with E-state index in [-0.39, 0.29) is 10.8 Å². The number of thiazole rings is 1. The summed E-state index contributed by atoms with van der Waals surface area (Å²) < 4.78 is 37.8. The standard InChI is InChI=1S/C23H25N3O5S2/c1-2-12-31-19-5-3-4-18(15-19)22(27)25-23-24-21(16-32-23)17-6-8-20(9-7-17)33(28,29)26-10-13-30-14-11-26/h3-9,15-16H,2,10-14H2,1H3,(H,24,25,27). The van der Waals surface area contributed by atoms with Crippen LogP contribution in [0.15, 0.2) is 58.8 Å². The molecule has 2 heterocycles. The summed E-state index contributed by atoms with van der Waals surface area (Å²) in [7, 11) is -3.54. The molecule has 1 N–H and O–H groups in total. The Morgan fingerprint density at radius 2 is 1.94 bits per heavy atom. The van der Waals surface area contributed by atoms with E-state index < -0.39 is 10.0 Å². The number of amides is 1. The molecule has 10 heteroatoms. The summed E-state index contributed by atoms with van der Waals surface area (Å²) in [5, 5.41) is 5.09. The van der Waals surface area contributed by atoms with Crippen molar-refractivity contribution in [1.82, 2.24) is 9.29 Å². The third kappa shape index (κ3) is 5.59. The number of nitrogens with zero attached hydrogens (tertiary/aromatic N) is 2. The second-order valence-electron chi connectivity index (χ2n) is 7.41. The average Bonchev–Trinajstić information content (AvgIpc) is 3.32. The molecule has 1 aliphatic rings. The van der Waals surface area contributed by atoms with Crippen LogP contribution >= 0.6 is 11.3 Å². The SMILES string of the molecule is CCCOc1cccc(C(=O)Nc2nc(-c3ccc(S(=O)(=O)N4CCOCC4)cc3)cs2)c1. The fourth-order valence-corrected chi connectivity index (χ4v) is 5.44. The van der Waals surface area contributed by atoms with Crippen LogP contribution in [0.1, 0.15) is 23.7 Å². The molecule has 0 radical (unpaired) electrons. The third-order valence-electron chi connectivity index (χ3n) is 5.05. The van der Waals surface area contributed by atoms with Gasteiger partial charge in [0.2, 0.25) is 10.0 Å². The minimum absolute atomic E-state index is 0.238. The molecule has 1 aliphatic heterocycles. The molecular formula is C23H25N3O5S2. The van der Waals surface area contributed by atoms with Gasteiger partial charge in [-0.2, -0.15) is 4.31 Å². The van der Waals surface area contributed by atoms with Crippen LogP contribution in [-0.2, 0) is 14.8 Å². The lowest BCUT2D eigenvalue weighted by molar-refractivity contribution is 0.0730. The number of morpholine rings is 1. The van der Waals surface area contributed by atoms with Crippen LogP contribution in [0.25, 0.3) is 11.3 Å². The Hall–Kier alpha value is -2.79. The van der Waals surface area contributed by atoms with Gasteiger partial charge in [0.15, 0.2) is 5.13 Å². The van der Waals surface area contributed by atoms with Gasteiger partial charge in [0, 0.05) is 29.6 Å². The van der Waals surface area contributed by atoms with Gasteiger partial charge >= 0.3 is 0 Å². The Bertz CT molecular complexity index is 1200. The molecule has 0 aliphatic carbocycles. The minimum Gasteiger partial charge on any atom is -0.494 e. The fraction of sp³-hybridized carbons (Fsp3) is 0.304. The van der Waals surface area contributed by atoms with E-state index in [4.69, 9.17) is 9.47 Å². The normalized spacial score (nSPS) is 14.7. The maximum Gasteiger partial charge on any atom is 0.257 e. The van der Waals surface area contributed by atoms with Crippen molar-refractivity contribution < 1.29 is 22.7 Å². The van der Waals surface area contributed by atoms with Crippen LogP contribution < -0.4 is 10.1 Å². The number of carbonyl (C=O) groups is 1. The molecule has 174 valence electrons. The van der Waals surface area contributed by atoms with E-state index in [1.165, 1.54) is 15.6 Å². The van der Waals surface area contributed by atoms with Crippen molar-refractivity contribution in [1.29, 1.82) is 0 Å². The summed E-state index contributed by atoms with van der Waals surface area (Å²) in [6.45, 7) is 4.13. The first-order valence-corrected chi connectivity index (χ1v) is 13.0. The van der Waals surface area contributed by atoms with Gasteiger partial charge < -0.3 is 9.47 Å². The molecule has 0 bridgehead atoms. The van der Waals surface area contributed by atoms with Crippen molar-refractivity contribution in [2.24, 2.45) is 0 Å². The lowest BCUT2D eigenvalue weighted by Crippen LogP contribution is -2.40. The molecule has 0 saturated carbocycles. The predicted octanol–water partition coefficient (Wildman–Crippen LogP) is 3.87. The number of sulfonamides is 1. The largest absolute Gasteiger partial charge is 0.494 e. The zero-order valence-electron chi connectivity index (χ0n) is 18.2. The Labute approximate surface area is 197 Å². The van der Waals surface area contributed by atoms with Crippen molar-refractivity contribution in [2.45, 2.75) is 18.2 Å². The smallest absolute Gasteiger partial charge is 0.257 e. The highest BCUT2D eigenvalue weighted by Crippen LogP contribution is 2.27. The monoisotopic (exact) mass is 487 g/mol. The Morgan fingerprint density at radius 1 is 1.18 bits per heavy atom. The van der Waals surface area contributed by atoms with Gasteiger partial charge in [-0.3, -0.25) is 10.1 Å². The van der Waals surface area contributed by atoms with Crippen LogP contribution in [0.5, 0.6) is 5.75 Å².